The van der Waals surface area contributed by atoms with E-state index in [-0.39, 0.29) is 0 Å². The maximum absolute atomic E-state index is 6.02. The van der Waals surface area contributed by atoms with Crippen molar-refractivity contribution in [3.63, 3.8) is 0 Å². The molecule has 4 nitrogen and oxygen atoms in total. The van der Waals surface area contributed by atoms with Gasteiger partial charge in [-0.15, -0.1) is 0 Å². The molecule has 2 aromatic carbocycles. The predicted molar refractivity (Wildman–Crippen MR) is 96.0 cm³/mol. The van der Waals surface area contributed by atoms with Gasteiger partial charge in [0.05, 0.1) is 0 Å². The van der Waals surface area contributed by atoms with Crippen LogP contribution < -0.4 is 5.32 Å². The summed E-state index contributed by atoms with van der Waals surface area (Å²) in [4.78, 5) is 8.95. The summed E-state index contributed by atoms with van der Waals surface area (Å²) in [6.45, 7) is 0.703. The fourth-order valence-corrected chi connectivity index (χ4v) is 2.64. The first-order valence-electron chi connectivity index (χ1n) is 7.59. The largest absolute Gasteiger partial charge is 0.418 e. The Hall–Kier alpha value is -2.85. The van der Waals surface area contributed by atoms with Gasteiger partial charge in [0.2, 0.25) is 11.6 Å². The zero-order valence-electron chi connectivity index (χ0n) is 12.7. The minimum absolute atomic E-state index is 0.503. The number of benzene rings is 2. The topological polar surface area (TPSA) is 51.0 Å². The average molecular weight is 336 g/mol. The second-order valence-corrected chi connectivity index (χ2v) is 5.83. The molecule has 2 heterocycles. The number of hydrogen-bond donors (Lipinski definition) is 1. The van der Waals surface area contributed by atoms with Crippen LogP contribution in [0.5, 0.6) is 0 Å². The molecule has 2 aromatic heterocycles. The molecule has 0 aliphatic rings. The van der Waals surface area contributed by atoms with E-state index in [9.17, 15) is 0 Å². The number of anilines is 1. The Kier molecular flexibility index (Phi) is 3.89. The molecule has 0 saturated carbocycles. The van der Waals surface area contributed by atoms with Crippen molar-refractivity contribution in [2.45, 2.75) is 6.54 Å². The number of fused-ring (bicyclic) bond motifs is 1. The zero-order chi connectivity index (χ0) is 16.4. The SMILES string of the molecule is Clc1cccc(-c2nc3ccc(NCc4ccccc4)nc3o2)c1. The Morgan fingerprint density at radius 3 is 2.62 bits per heavy atom. The highest BCUT2D eigenvalue weighted by Crippen LogP contribution is 2.26. The third kappa shape index (κ3) is 3.09. The Morgan fingerprint density at radius 2 is 1.79 bits per heavy atom. The van der Waals surface area contributed by atoms with Crippen molar-refractivity contribution >= 4 is 28.6 Å². The summed E-state index contributed by atoms with van der Waals surface area (Å²) in [6, 6.07) is 21.4. The molecule has 0 atom stereocenters. The number of rotatable bonds is 4. The average Bonchev–Trinajstić information content (AvgIpc) is 3.04. The monoisotopic (exact) mass is 335 g/mol. The first-order chi connectivity index (χ1) is 11.8. The molecule has 0 amide bonds. The maximum Gasteiger partial charge on any atom is 0.249 e. The lowest BCUT2D eigenvalue weighted by molar-refractivity contribution is 0.608. The van der Waals surface area contributed by atoms with Gasteiger partial charge in [-0.25, -0.2) is 4.98 Å². The standard InChI is InChI=1S/C19H14ClN3O/c20-15-8-4-7-14(11-15)18-22-16-9-10-17(23-19(16)24-18)21-12-13-5-2-1-3-6-13/h1-11H,12H2,(H,21,23). The Bertz CT molecular complexity index is 982. The van der Waals surface area contributed by atoms with Crippen LogP contribution in [0.1, 0.15) is 5.56 Å². The maximum atomic E-state index is 6.02. The number of hydrogen-bond acceptors (Lipinski definition) is 4. The normalized spacial score (nSPS) is 10.9. The van der Waals surface area contributed by atoms with Gasteiger partial charge in [-0.1, -0.05) is 48.0 Å². The second kappa shape index (κ2) is 6.34. The smallest absolute Gasteiger partial charge is 0.249 e. The summed E-state index contributed by atoms with van der Waals surface area (Å²) in [6.07, 6.45) is 0. The van der Waals surface area contributed by atoms with Gasteiger partial charge in [0.15, 0.2) is 0 Å². The number of halogens is 1. The molecule has 0 aliphatic carbocycles. The second-order valence-electron chi connectivity index (χ2n) is 5.39. The van der Waals surface area contributed by atoms with Crippen molar-refractivity contribution in [3.8, 4) is 11.5 Å². The molecule has 118 valence electrons. The van der Waals surface area contributed by atoms with E-state index in [1.165, 1.54) is 5.56 Å². The predicted octanol–water partition coefficient (Wildman–Crippen LogP) is 5.16. The molecule has 0 unspecified atom stereocenters. The van der Waals surface area contributed by atoms with Crippen LogP contribution in [0, 0.1) is 0 Å². The van der Waals surface area contributed by atoms with Gasteiger partial charge >= 0.3 is 0 Å². The lowest BCUT2D eigenvalue weighted by Crippen LogP contribution is -2.00. The molecular weight excluding hydrogens is 322 g/mol. The number of pyridine rings is 1. The van der Waals surface area contributed by atoms with Crippen LogP contribution in [-0.4, -0.2) is 9.97 Å². The molecule has 1 N–H and O–H groups in total. The van der Waals surface area contributed by atoms with Gasteiger partial charge in [0.25, 0.3) is 0 Å². The van der Waals surface area contributed by atoms with Crippen LogP contribution in [0.25, 0.3) is 22.7 Å². The van der Waals surface area contributed by atoms with E-state index in [0.29, 0.717) is 23.2 Å². The lowest BCUT2D eigenvalue weighted by Gasteiger charge is -2.04. The van der Waals surface area contributed by atoms with Gasteiger partial charge in [0, 0.05) is 17.1 Å². The van der Waals surface area contributed by atoms with E-state index in [1.807, 2.05) is 54.6 Å². The number of nitrogens with one attached hydrogen (secondary N) is 1. The summed E-state index contributed by atoms with van der Waals surface area (Å²) >= 11 is 6.02. The van der Waals surface area contributed by atoms with E-state index in [2.05, 4.69) is 27.4 Å². The molecule has 0 bridgehead atoms. The number of nitrogens with zero attached hydrogens (tertiary/aromatic N) is 2. The molecule has 0 saturated heterocycles. The van der Waals surface area contributed by atoms with Crippen molar-refractivity contribution in [1.82, 2.24) is 9.97 Å². The minimum atomic E-state index is 0.503. The van der Waals surface area contributed by atoms with Crippen LogP contribution in [0.15, 0.2) is 71.1 Å². The molecule has 4 aromatic rings. The Balaban J connectivity index is 1.59. The van der Waals surface area contributed by atoms with Crippen molar-refractivity contribution in [2.24, 2.45) is 0 Å². The first kappa shape index (κ1) is 14.7. The van der Waals surface area contributed by atoms with Crippen LogP contribution in [0.4, 0.5) is 5.82 Å². The van der Waals surface area contributed by atoms with Crippen molar-refractivity contribution in [1.29, 1.82) is 0 Å². The Morgan fingerprint density at radius 1 is 0.917 bits per heavy atom. The molecular formula is C19H14ClN3O. The summed E-state index contributed by atoms with van der Waals surface area (Å²) < 4.78 is 5.78. The highest BCUT2D eigenvalue weighted by Gasteiger charge is 2.10. The van der Waals surface area contributed by atoms with Gasteiger partial charge in [-0.2, -0.15) is 4.98 Å². The van der Waals surface area contributed by atoms with E-state index in [0.717, 1.165) is 16.9 Å². The fraction of sp³-hybridized carbons (Fsp3) is 0.0526. The van der Waals surface area contributed by atoms with Gasteiger partial charge < -0.3 is 9.73 Å². The molecule has 24 heavy (non-hydrogen) atoms. The molecule has 4 rings (SSSR count). The van der Waals surface area contributed by atoms with Crippen molar-refractivity contribution in [3.05, 3.63) is 77.3 Å². The van der Waals surface area contributed by atoms with E-state index in [4.69, 9.17) is 16.0 Å². The van der Waals surface area contributed by atoms with E-state index < -0.39 is 0 Å². The van der Waals surface area contributed by atoms with Gasteiger partial charge in [0.1, 0.15) is 11.3 Å². The van der Waals surface area contributed by atoms with Crippen molar-refractivity contribution in [2.75, 3.05) is 5.32 Å². The molecule has 0 aliphatic heterocycles. The molecule has 0 spiro atoms. The zero-order valence-corrected chi connectivity index (χ0v) is 13.5. The van der Waals surface area contributed by atoms with Crippen LogP contribution in [0.3, 0.4) is 0 Å². The lowest BCUT2D eigenvalue weighted by atomic mass is 10.2. The van der Waals surface area contributed by atoms with Gasteiger partial charge in [-0.05, 0) is 35.9 Å². The first-order valence-corrected chi connectivity index (χ1v) is 7.97. The molecule has 0 fully saturated rings. The van der Waals surface area contributed by atoms with Gasteiger partial charge in [-0.3, -0.25) is 0 Å². The third-order valence-corrected chi connectivity index (χ3v) is 3.88. The quantitative estimate of drug-likeness (QED) is 0.560. The van der Waals surface area contributed by atoms with Crippen LogP contribution >= 0.6 is 11.6 Å². The van der Waals surface area contributed by atoms with Crippen molar-refractivity contribution < 1.29 is 4.42 Å². The van der Waals surface area contributed by atoms with E-state index in [1.54, 1.807) is 0 Å². The summed E-state index contributed by atoms with van der Waals surface area (Å²) in [5.41, 5.74) is 3.24. The fourth-order valence-electron chi connectivity index (χ4n) is 2.45. The number of oxazole rings is 1. The third-order valence-electron chi connectivity index (χ3n) is 3.64. The highest BCUT2D eigenvalue weighted by atomic mass is 35.5. The minimum Gasteiger partial charge on any atom is -0.418 e. The molecule has 5 heteroatoms. The summed E-state index contributed by atoms with van der Waals surface area (Å²) in [5.74, 6) is 1.26. The van der Waals surface area contributed by atoms with Crippen LogP contribution in [-0.2, 0) is 6.54 Å². The summed E-state index contributed by atoms with van der Waals surface area (Å²) in [5, 5.41) is 3.94. The number of aromatic nitrogens is 2. The van der Waals surface area contributed by atoms with E-state index >= 15 is 0 Å². The highest BCUT2D eigenvalue weighted by molar-refractivity contribution is 6.30. The molecule has 0 radical (unpaired) electrons. The van der Waals surface area contributed by atoms with Crippen LogP contribution in [0.2, 0.25) is 5.02 Å². The Labute approximate surface area is 144 Å². The summed E-state index contributed by atoms with van der Waals surface area (Å²) in [7, 11) is 0.